The number of anilines is 1. The lowest BCUT2D eigenvalue weighted by atomic mass is 10.00. The van der Waals surface area contributed by atoms with Gasteiger partial charge in [0.2, 0.25) is 0 Å². The number of benzene rings is 2. The maximum atomic E-state index is 11.9. The molecule has 152 valence electrons. The van der Waals surface area contributed by atoms with Gasteiger partial charge in [-0.25, -0.2) is 18.4 Å². The number of nitrogens with one attached hydrogen (secondary N) is 1. The summed E-state index contributed by atoms with van der Waals surface area (Å²) in [5, 5.41) is 14.3. The minimum Gasteiger partial charge on any atom is -0.390 e. The molecule has 1 atom stereocenters. The van der Waals surface area contributed by atoms with Crippen molar-refractivity contribution < 1.29 is 13.5 Å². The summed E-state index contributed by atoms with van der Waals surface area (Å²) in [6, 6.07) is 13.2. The molecule has 0 aliphatic carbocycles. The zero-order valence-corrected chi connectivity index (χ0v) is 17.1. The Morgan fingerprint density at radius 3 is 2.76 bits per heavy atom. The molecule has 3 aromatic rings. The fourth-order valence-corrected chi connectivity index (χ4v) is 4.34. The van der Waals surface area contributed by atoms with Crippen molar-refractivity contribution in [2.24, 2.45) is 0 Å². The number of hydrogen-bond donors (Lipinski definition) is 2. The van der Waals surface area contributed by atoms with Crippen LogP contribution >= 0.6 is 0 Å². The van der Waals surface area contributed by atoms with Gasteiger partial charge in [-0.1, -0.05) is 24.3 Å². The summed E-state index contributed by atoms with van der Waals surface area (Å²) < 4.78 is 23.7. The minimum atomic E-state index is -3.33. The first-order chi connectivity index (χ1) is 13.9. The Morgan fingerprint density at radius 2 is 1.97 bits per heavy atom. The molecule has 0 bridgehead atoms. The number of rotatable bonds is 6. The molecular weight excluding hydrogens is 388 g/mol. The third-order valence-corrected chi connectivity index (χ3v) is 6.33. The summed E-state index contributed by atoms with van der Waals surface area (Å²) in [6.07, 6.45) is 3.01. The van der Waals surface area contributed by atoms with Gasteiger partial charge in [-0.2, -0.15) is 0 Å². The average molecular weight is 413 g/mol. The van der Waals surface area contributed by atoms with Crippen LogP contribution in [0.2, 0.25) is 0 Å². The Morgan fingerprint density at radius 1 is 1.17 bits per heavy atom. The number of aliphatic hydroxyl groups is 1. The second kappa shape index (κ2) is 8.06. The molecular formula is C21H24N4O3S. The molecule has 4 rings (SSSR count). The molecule has 0 saturated heterocycles. The minimum absolute atomic E-state index is 0.218. The van der Waals surface area contributed by atoms with Crippen molar-refractivity contribution in [3.63, 3.8) is 0 Å². The largest absolute Gasteiger partial charge is 0.390 e. The highest BCUT2D eigenvalue weighted by atomic mass is 32.2. The monoisotopic (exact) mass is 412 g/mol. The Kier molecular flexibility index (Phi) is 5.49. The van der Waals surface area contributed by atoms with E-state index in [0.717, 1.165) is 19.5 Å². The van der Waals surface area contributed by atoms with Gasteiger partial charge in [0.1, 0.15) is 12.1 Å². The van der Waals surface area contributed by atoms with Gasteiger partial charge in [-0.15, -0.1) is 0 Å². The lowest BCUT2D eigenvalue weighted by Crippen LogP contribution is -2.39. The van der Waals surface area contributed by atoms with Gasteiger partial charge in [-0.05, 0) is 35.7 Å². The summed E-state index contributed by atoms with van der Waals surface area (Å²) in [6.45, 7) is 2.62. The number of fused-ring (bicyclic) bond motifs is 2. The van der Waals surface area contributed by atoms with E-state index in [1.165, 1.54) is 29.8 Å². The Hall–Kier alpha value is -2.55. The summed E-state index contributed by atoms with van der Waals surface area (Å²) in [5.41, 5.74) is 3.34. The molecule has 1 unspecified atom stereocenters. The van der Waals surface area contributed by atoms with Gasteiger partial charge >= 0.3 is 0 Å². The van der Waals surface area contributed by atoms with Crippen LogP contribution in [0.25, 0.3) is 10.9 Å². The first-order valence-electron chi connectivity index (χ1n) is 9.56. The predicted octanol–water partition coefficient (Wildman–Crippen LogP) is 1.86. The first kappa shape index (κ1) is 19.8. The number of aliphatic hydroxyl groups excluding tert-OH is 1. The quantitative estimate of drug-likeness (QED) is 0.638. The maximum absolute atomic E-state index is 11.9. The SMILES string of the molecule is CS(=O)(=O)c1ccc2ncnc(NCC(O)CN3CCc4ccccc4C3)c2c1. The zero-order valence-electron chi connectivity index (χ0n) is 16.2. The lowest BCUT2D eigenvalue weighted by Gasteiger charge is -2.30. The molecule has 1 aliphatic heterocycles. The van der Waals surface area contributed by atoms with Gasteiger partial charge in [-0.3, -0.25) is 4.90 Å². The number of aromatic nitrogens is 2. The maximum Gasteiger partial charge on any atom is 0.175 e. The molecule has 2 heterocycles. The fourth-order valence-electron chi connectivity index (χ4n) is 3.69. The molecule has 2 N–H and O–H groups in total. The molecule has 1 aliphatic rings. The molecule has 1 aromatic heterocycles. The summed E-state index contributed by atoms with van der Waals surface area (Å²) >= 11 is 0. The van der Waals surface area contributed by atoms with E-state index in [0.29, 0.717) is 29.8 Å². The molecule has 0 amide bonds. The summed E-state index contributed by atoms with van der Waals surface area (Å²) in [5.74, 6) is 0.517. The van der Waals surface area contributed by atoms with Crippen LogP contribution in [0.3, 0.4) is 0 Å². The van der Waals surface area contributed by atoms with Crippen LogP contribution in [0, 0.1) is 0 Å². The smallest absolute Gasteiger partial charge is 0.175 e. The second-order valence-corrected chi connectivity index (χ2v) is 9.48. The normalized spacial score (nSPS) is 15.8. The first-order valence-corrected chi connectivity index (χ1v) is 11.5. The van der Waals surface area contributed by atoms with Gasteiger partial charge in [0.25, 0.3) is 0 Å². The summed E-state index contributed by atoms with van der Waals surface area (Å²) in [7, 11) is -3.33. The molecule has 7 nitrogen and oxygen atoms in total. The van der Waals surface area contributed by atoms with E-state index in [-0.39, 0.29) is 4.90 Å². The van der Waals surface area contributed by atoms with Gasteiger partial charge < -0.3 is 10.4 Å². The predicted molar refractivity (Wildman–Crippen MR) is 113 cm³/mol. The van der Waals surface area contributed by atoms with E-state index in [9.17, 15) is 13.5 Å². The molecule has 2 aromatic carbocycles. The topological polar surface area (TPSA) is 95.4 Å². The van der Waals surface area contributed by atoms with Gasteiger partial charge in [0.05, 0.1) is 16.5 Å². The molecule has 0 saturated carbocycles. The van der Waals surface area contributed by atoms with Gasteiger partial charge in [0, 0.05) is 37.8 Å². The molecule has 0 radical (unpaired) electrons. The van der Waals surface area contributed by atoms with Crippen molar-refractivity contribution >= 4 is 26.6 Å². The molecule has 29 heavy (non-hydrogen) atoms. The lowest BCUT2D eigenvalue weighted by molar-refractivity contribution is 0.114. The van der Waals surface area contributed by atoms with Crippen LogP contribution in [-0.2, 0) is 22.8 Å². The van der Waals surface area contributed by atoms with E-state index in [2.05, 4.69) is 38.4 Å². The van der Waals surface area contributed by atoms with Crippen LogP contribution in [-0.4, -0.2) is 60.4 Å². The Labute approximate surface area is 170 Å². The number of β-amino-alcohol motifs (C(OH)–C–C–N with tert-alkyl or cyclic N) is 1. The molecule has 0 spiro atoms. The number of hydrogen-bond acceptors (Lipinski definition) is 7. The molecule has 8 heteroatoms. The van der Waals surface area contributed by atoms with E-state index >= 15 is 0 Å². The highest BCUT2D eigenvalue weighted by Gasteiger charge is 2.19. The number of nitrogens with zero attached hydrogens (tertiary/aromatic N) is 3. The van der Waals surface area contributed by atoms with Crippen molar-refractivity contribution in [1.29, 1.82) is 0 Å². The van der Waals surface area contributed by atoms with Crippen LogP contribution < -0.4 is 5.32 Å². The van der Waals surface area contributed by atoms with Crippen LogP contribution in [0.5, 0.6) is 0 Å². The van der Waals surface area contributed by atoms with Crippen molar-refractivity contribution in [3.8, 4) is 0 Å². The third kappa shape index (κ3) is 4.55. The van der Waals surface area contributed by atoms with Crippen molar-refractivity contribution in [3.05, 3.63) is 59.9 Å². The number of sulfone groups is 1. The van der Waals surface area contributed by atoms with Crippen molar-refractivity contribution in [2.75, 3.05) is 31.2 Å². The summed E-state index contributed by atoms with van der Waals surface area (Å²) in [4.78, 5) is 10.9. The van der Waals surface area contributed by atoms with E-state index in [1.807, 2.05) is 6.07 Å². The highest BCUT2D eigenvalue weighted by molar-refractivity contribution is 7.90. The van der Waals surface area contributed by atoms with E-state index in [4.69, 9.17) is 0 Å². The Balaban J connectivity index is 1.43. The Bertz CT molecular complexity index is 1130. The average Bonchev–Trinajstić information content (AvgIpc) is 2.71. The van der Waals surface area contributed by atoms with E-state index in [1.54, 1.807) is 12.1 Å². The highest BCUT2D eigenvalue weighted by Crippen LogP contribution is 2.23. The van der Waals surface area contributed by atoms with Crippen molar-refractivity contribution in [1.82, 2.24) is 14.9 Å². The van der Waals surface area contributed by atoms with E-state index < -0.39 is 15.9 Å². The standard InChI is InChI=1S/C21H24N4O3S/c1-29(27,28)18-6-7-20-19(10-18)21(24-14-23-20)22-11-17(26)13-25-9-8-15-4-2-3-5-16(15)12-25/h2-7,10,14,17,26H,8-9,11-13H2,1H3,(H,22,23,24). The van der Waals surface area contributed by atoms with Gasteiger partial charge in [0.15, 0.2) is 9.84 Å². The van der Waals surface area contributed by atoms with Crippen LogP contribution in [0.15, 0.2) is 53.7 Å². The third-order valence-electron chi connectivity index (χ3n) is 5.22. The molecule has 0 fully saturated rings. The van der Waals surface area contributed by atoms with Crippen molar-refractivity contribution in [2.45, 2.75) is 24.0 Å². The van der Waals surface area contributed by atoms with Crippen LogP contribution in [0.4, 0.5) is 5.82 Å². The zero-order chi connectivity index (χ0) is 20.4. The second-order valence-electron chi connectivity index (χ2n) is 7.46. The fraction of sp³-hybridized carbons (Fsp3) is 0.333. The van der Waals surface area contributed by atoms with Crippen LogP contribution in [0.1, 0.15) is 11.1 Å².